The van der Waals surface area contributed by atoms with Gasteiger partial charge in [0.25, 0.3) is 0 Å². The van der Waals surface area contributed by atoms with Crippen LogP contribution in [0.4, 0.5) is 0 Å². The molecular weight excluding hydrogens is 448 g/mol. The molecule has 0 radical (unpaired) electrons. The number of methoxy groups -OCH3 is 2. The third-order valence-corrected chi connectivity index (χ3v) is 6.74. The smallest absolute Gasteiger partial charge is 0.303 e. The summed E-state index contributed by atoms with van der Waals surface area (Å²) in [4.78, 5) is 12.3. The van der Waals surface area contributed by atoms with Gasteiger partial charge >= 0.3 is 5.97 Å². The Morgan fingerprint density at radius 3 is 2.00 bits per heavy atom. The van der Waals surface area contributed by atoms with Gasteiger partial charge in [-0.3, -0.25) is 4.79 Å². The van der Waals surface area contributed by atoms with Crippen LogP contribution in [0.5, 0.6) is 34.5 Å². The molecule has 2 saturated heterocycles. The predicted octanol–water partition coefficient (Wildman–Crippen LogP) is 2.92. The van der Waals surface area contributed by atoms with Crippen LogP contribution in [0, 0.1) is 5.92 Å². The summed E-state index contributed by atoms with van der Waals surface area (Å²) in [6, 6.07) is 7.20. The summed E-state index contributed by atoms with van der Waals surface area (Å²) in [6.07, 6.45) is -1.11. The lowest BCUT2D eigenvalue weighted by Crippen LogP contribution is -2.43. The second-order valence-corrected chi connectivity index (χ2v) is 8.49. The Hall–Kier alpha value is -3.37. The molecule has 0 bridgehead atoms. The van der Waals surface area contributed by atoms with Gasteiger partial charge in [0.2, 0.25) is 13.6 Å². The van der Waals surface area contributed by atoms with Crippen molar-refractivity contribution in [1.82, 2.24) is 0 Å². The quantitative estimate of drug-likeness (QED) is 0.604. The van der Waals surface area contributed by atoms with E-state index in [0.717, 1.165) is 5.56 Å². The molecule has 0 aromatic heterocycles. The van der Waals surface area contributed by atoms with Crippen LogP contribution < -0.4 is 28.4 Å². The Morgan fingerprint density at radius 1 is 0.853 bits per heavy atom. The van der Waals surface area contributed by atoms with Crippen molar-refractivity contribution < 1.29 is 47.4 Å². The maximum Gasteiger partial charge on any atom is 0.303 e. The number of fused-ring (bicyclic) bond motifs is 3. The Labute approximate surface area is 195 Å². The molecule has 2 aromatic carbocycles. The zero-order chi connectivity index (χ0) is 23.4. The van der Waals surface area contributed by atoms with Crippen molar-refractivity contribution >= 4 is 5.97 Å². The first-order valence-electron chi connectivity index (χ1n) is 10.9. The minimum absolute atomic E-state index is 0.125. The summed E-state index contributed by atoms with van der Waals surface area (Å²) in [5, 5.41) is 0. The highest BCUT2D eigenvalue weighted by Crippen LogP contribution is 2.59. The molecule has 2 aromatic rings. The second kappa shape index (κ2) is 7.85. The van der Waals surface area contributed by atoms with Crippen molar-refractivity contribution in [1.29, 1.82) is 0 Å². The number of rotatable bonds is 5. The molecule has 0 spiro atoms. The molecule has 10 heteroatoms. The molecule has 4 aliphatic rings. The van der Waals surface area contributed by atoms with Crippen molar-refractivity contribution in [3.05, 3.63) is 35.4 Å². The van der Waals surface area contributed by atoms with Gasteiger partial charge in [-0.15, -0.1) is 0 Å². The number of hydrogen-bond acceptors (Lipinski definition) is 10. The Kier molecular flexibility index (Phi) is 4.89. The lowest BCUT2D eigenvalue weighted by atomic mass is 9.80. The third kappa shape index (κ3) is 3.05. The van der Waals surface area contributed by atoms with E-state index in [1.807, 2.05) is 12.1 Å². The van der Waals surface area contributed by atoms with Crippen molar-refractivity contribution in [2.75, 3.05) is 41.0 Å². The Bertz CT molecular complexity index is 1150. The number of esters is 1. The molecule has 34 heavy (non-hydrogen) atoms. The van der Waals surface area contributed by atoms with E-state index in [9.17, 15) is 4.79 Å². The van der Waals surface area contributed by atoms with Crippen molar-refractivity contribution in [2.24, 2.45) is 5.92 Å². The highest BCUT2D eigenvalue weighted by molar-refractivity contribution is 5.67. The van der Waals surface area contributed by atoms with Gasteiger partial charge in [-0.1, -0.05) is 0 Å². The highest BCUT2D eigenvalue weighted by Gasteiger charge is 2.63. The van der Waals surface area contributed by atoms with Crippen LogP contribution in [0.3, 0.4) is 0 Å². The van der Waals surface area contributed by atoms with Gasteiger partial charge in [0.1, 0.15) is 17.6 Å². The third-order valence-electron chi connectivity index (χ3n) is 6.74. The van der Waals surface area contributed by atoms with Gasteiger partial charge in [-0.2, -0.15) is 0 Å². The molecule has 0 amide bonds. The van der Waals surface area contributed by atoms with Crippen LogP contribution in [0.2, 0.25) is 0 Å². The largest absolute Gasteiger partial charge is 0.496 e. The molecule has 4 atom stereocenters. The molecule has 4 heterocycles. The van der Waals surface area contributed by atoms with Gasteiger partial charge in [-0.05, 0) is 12.1 Å². The van der Waals surface area contributed by atoms with Gasteiger partial charge < -0.3 is 42.6 Å². The Morgan fingerprint density at radius 2 is 1.41 bits per heavy atom. The average molecular weight is 472 g/mol. The molecule has 180 valence electrons. The van der Waals surface area contributed by atoms with Crippen LogP contribution in [-0.4, -0.2) is 52.6 Å². The number of benzene rings is 2. The van der Waals surface area contributed by atoms with Crippen molar-refractivity contribution in [3.8, 4) is 34.5 Å². The summed E-state index contributed by atoms with van der Waals surface area (Å²) in [6.45, 7) is 2.07. The van der Waals surface area contributed by atoms with E-state index in [-0.39, 0.29) is 32.7 Å². The molecule has 2 fully saturated rings. The molecule has 6 rings (SSSR count). The minimum atomic E-state index is -1.08. The second-order valence-electron chi connectivity index (χ2n) is 8.49. The Balaban J connectivity index is 1.42. The molecular formula is C24H24O10. The number of hydrogen-bond donors (Lipinski definition) is 0. The summed E-state index contributed by atoms with van der Waals surface area (Å²) in [5.74, 6) is 2.78. The monoisotopic (exact) mass is 472 g/mol. The average Bonchev–Trinajstić information content (AvgIpc) is 3.59. The molecule has 10 nitrogen and oxygen atoms in total. The topological polar surface area (TPSA) is 100 Å². The van der Waals surface area contributed by atoms with Crippen LogP contribution in [-0.2, 0) is 19.0 Å². The van der Waals surface area contributed by atoms with Gasteiger partial charge in [0.05, 0.1) is 39.5 Å². The molecule has 4 aliphatic heterocycles. The van der Waals surface area contributed by atoms with Crippen LogP contribution in [0.25, 0.3) is 0 Å². The van der Waals surface area contributed by atoms with Gasteiger partial charge in [0.15, 0.2) is 28.6 Å². The minimum Gasteiger partial charge on any atom is -0.496 e. The summed E-state index contributed by atoms with van der Waals surface area (Å²) in [5.41, 5.74) is 0.379. The van der Waals surface area contributed by atoms with E-state index in [4.69, 9.17) is 42.6 Å². The van der Waals surface area contributed by atoms with Gasteiger partial charge in [-0.25, -0.2) is 0 Å². The zero-order valence-electron chi connectivity index (χ0n) is 19.0. The number of ether oxygens (including phenoxy) is 9. The first-order valence-corrected chi connectivity index (χ1v) is 10.9. The predicted molar refractivity (Wildman–Crippen MR) is 114 cm³/mol. The lowest BCUT2D eigenvalue weighted by Gasteiger charge is -2.33. The fraction of sp³-hybridized carbons (Fsp3) is 0.458. The van der Waals surface area contributed by atoms with E-state index < -0.39 is 23.8 Å². The number of carbonyl (C=O) groups excluding carboxylic acids is 1. The van der Waals surface area contributed by atoms with Crippen LogP contribution in [0.1, 0.15) is 30.3 Å². The molecule has 0 unspecified atom stereocenters. The zero-order valence-corrected chi connectivity index (χ0v) is 19.0. The van der Waals surface area contributed by atoms with E-state index in [0.29, 0.717) is 40.1 Å². The molecule has 0 aliphatic carbocycles. The lowest BCUT2D eigenvalue weighted by molar-refractivity contribution is -0.167. The number of carbonyl (C=O) groups is 1. The van der Waals surface area contributed by atoms with E-state index in [1.165, 1.54) is 6.92 Å². The highest BCUT2D eigenvalue weighted by atomic mass is 16.7. The van der Waals surface area contributed by atoms with Gasteiger partial charge in [0, 0.05) is 30.2 Å². The van der Waals surface area contributed by atoms with E-state index in [1.54, 1.807) is 26.4 Å². The normalized spacial score (nSPS) is 28.0. The summed E-state index contributed by atoms with van der Waals surface area (Å²) >= 11 is 0. The fourth-order valence-electron chi connectivity index (χ4n) is 5.28. The summed E-state index contributed by atoms with van der Waals surface area (Å²) in [7, 11) is 3.15. The van der Waals surface area contributed by atoms with Crippen molar-refractivity contribution in [3.63, 3.8) is 0 Å². The van der Waals surface area contributed by atoms with E-state index in [2.05, 4.69) is 0 Å². The SMILES string of the molecule is COc1cc2c(cc1[C@H]1OC[C@@]3(OC(C)=O)[C@@H]1CO[C@H]3c1cc3c(cc1OC)OCO3)OCO2. The fourth-order valence-corrected chi connectivity index (χ4v) is 5.28. The van der Waals surface area contributed by atoms with Crippen molar-refractivity contribution in [2.45, 2.75) is 24.7 Å². The summed E-state index contributed by atoms with van der Waals surface area (Å²) < 4.78 is 52.0. The first kappa shape index (κ1) is 21.2. The first-order chi connectivity index (χ1) is 16.5. The maximum atomic E-state index is 12.3. The standard InChI is InChI=1S/C24H24O10/c1-12(25)34-24-9-29-22(13-4-18-20(32-10-30-18)6-16(13)26-2)15(24)8-28-23(24)14-5-19-21(33-11-31-19)7-17(14)27-3/h4-7,15,22-23H,8-11H2,1-3H3/t15-,22-,23+,24-/m1/s1. The van der Waals surface area contributed by atoms with E-state index >= 15 is 0 Å². The van der Waals surface area contributed by atoms with Crippen LogP contribution in [0.15, 0.2) is 24.3 Å². The molecule has 0 saturated carbocycles. The maximum absolute atomic E-state index is 12.3. The molecule has 0 N–H and O–H groups in total. The van der Waals surface area contributed by atoms with Crippen LogP contribution >= 0.6 is 0 Å².